The first kappa shape index (κ1) is 15.3. The van der Waals surface area contributed by atoms with Crippen molar-refractivity contribution in [3.8, 4) is 0 Å². The Morgan fingerprint density at radius 3 is 2.53 bits per heavy atom. The average Bonchev–Trinajstić information content (AvgIpc) is 2.41. The van der Waals surface area contributed by atoms with Crippen LogP contribution in [0.15, 0.2) is 18.2 Å². The van der Waals surface area contributed by atoms with Crippen molar-refractivity contribution in [2.75, 3.05) is 18.2 Å². The van der Waals surface area contributed by atoms with Crippen molar-refractivity contribution in [1.29, 1.82) is 0 Å². The van der Waals surface area contributed by atoms with Crippen molar-refractivity contribution in [1.82, 2.24) is 0 Å². The van der Waals surface area contributed by atoms with Crippen molar-refractivity contribution in [2.45, 2.75) is 39.7 Å². The Morgan fingerprint density at radius 2 is 2.00 bits per heavy atom. The zero-order valence-electron chi connectivity index (χ0n) is 12.2. The molecule has 0 heterocycles. The topological polar surface area (TPSA) is 64.3 Å². The van der Waals surface area contributed by atoms with Crippen LogP contribution in [0.4, 0.5) is 11.4 Å². The molecule has 0 saturated heterocycles. The van der Waals surface area contributed by atoms with Gasteiger partial charge in [-0.25, -0.2) is 4.79 Å². The number of hydrogen-bond donors (Lipinski definition) is 2. The molecule has 4 nitrogen and oxygen atoms in total. The number of rotatable bonds is 6. The second-order valence-corrected chi connectivity index (χ2v) is 4.77. The predicted octanol–water partition coefficient (Wildman–Crippen LogP) is 3.29. The van der Waals surface area contributed by atoms with E-state index in [1.54, 1.807) is 6.07 Å². The number of ether oxygens (including phenoxy) is 1. The van der Waals surface area contributed by atoms with E-state index in [1.165, 1.54) is 7.11 Å². The summed E-state index contributed by atoms with van der Waals surface area (Å²) in [7, 11) is 1.36. The fourth-order valence-electron chi connectivity index (χ4n) is 2.34. The van der Waals surface area contributed by atoms with E-state index >= 15 is 0 Å². The largest absolute Gasteiger partial charge is 0.465 e. The fourth-order valence-corrected chi connectivity index (χ4v) is 2.34. The number of benzene rings is 1. The van der Waals surface area contributed by atoms with Crippen LogP contribution in [-0.2, 0) is 4.74 Å². The van der Waals surface area contributed by atoms with Gasteiger partial charge in [-0.3, -0.25) is 0 Å². The summed E-state index contributed by atoms with van der Waals surface area (Å²) in [5.74, 6) is 0.178. The van der Waals surface area contributed by atoms with Crippen LogP contribution in [0.5, 0.6) is 0 Å². The van der Waals surface area contributed by atoms with Gasteiger partial charge >= 0.3 is 5.97 Å². The molecule has 0 fully saturated rings. The van der Waals surface area contributed by atoms with Crippen LogP contribution in [0.25, 0.3) is 0 Å². The number of carbonyl (C=O) groups is 1. The molecule has 0 aliphatic heterocycles. The van der Waals surface area contributed by atoms with Gasteiger partial charge in [0.2, 0.25) is 0 Å². The highest BCUT2D eigenvalue weighted by Gasteiger charge is 2.17. The highest BCUT2D eigenvalue weighted by molar-refractivity contribution is 5.98. The molecule has 1 rings (SSSR count). The molecule has 1 atom stereocenters. The van der Waals surface area contributed by atoms with Gasteiger partial charge in [-0.1, -0.05) is 32.8 Å². The van der Waals surface area contributed by atoms with Crippen LogP contribution >= 0.6 is 0 Å². The monoisotopic (exact) mass is 264 g/mol. The van der Waals surface area contributed by atoms with Crippen molar-refractivity contribution < 1.29 is 9.53 Å². The lowest BCUT2D eigenvalue weighted by atomic mass is 9.95. The number of carbonyl (C=O) groups excluding carboxylic acids is 1. The van der Waals surface area contributed by atoms with Gasteiger partial charge in [0.15, 0.2) is 0 Å². The van der Waals surface area contributed by atoms with Crippen molar-refractivity contribution in [3.05, 3.63) is 23.8 Å². The van der Waals surface area contributed by atoms with Crippen LogP contribution in [0.1, 0.15) is 44.0 Å². The molecule has 0 amide bonds. The van der Waals surface area contributed by atoms with E-state index in [0.29, 0.717) is 23.2 Å². The Kier molecular flexibility index (Phi) is 5.67. The maximum atomic E-state index is 11.6. The summed E-state index contributed by atoms with van der Waals surface area (Å²) in [5, 5.41) is 3.40. The first-order valence-corrected chi connectivity index (χ1v) is 6.78. The van der Waals surface area contributed by atoms with Gasteiger partial charge in [-0.2, -0.15) is 0 Å². The predicted molar refractivity (Wildman–Crippen MR) is 79.4 cm³/mol. The van der Waals surface area contributed by atoms with Gasteiger partial charge in [0.1, 0.15) is 0 Å². The molecule has 0 aliphatic rings. The number of methoxy groups -OCH3 is 1. The number of esters is 1. The molecular weight excluding hydrogens is 240 g/mol. The molecule has 4 heteroatoms. The molecule has 0 bridgehead atoms. The van der Waals surface area contributed by atoms with E-state index in [9.17, 15) is 4.79 Å². The van der Waals surface area contributed by atoms with Gasteiger partial charge < -0.3 is 15.8 Å². The van der Waals surface area contributed by atoms with Crippen molar-refractivity contribution >= 4 is 17.3 Å². The van der Waals surface area contributed by atoms with E-state index < -0.39 is 5.97 Å². The standard InChI is InChI=1S/C15H24N2O2/c1-5-11(6-2)10(3)17-13-9-7-8-12(14(13)16)15(18)19-4/h7-11,17H,5-6,16H2,1-4H3. The van der Waals surface area contributed by atoms with Crippen molar-refractivity contribution in [3.63, 3.8) is 0 Å². The number of nitrogens with one attached hydrogen (secondary N) is 1. The number of nitrogens with two attached hydrogens (primary N) is 1. The van der Waals surface area contributed by atoms with E-state index in [-0.39, 0.29) is 0 Å². The molecule has 0 aromatic heterocycles. The summed E-state index contributed by atoms with van der Waals surface area (Å²) in [6, 6.07) is 5.68. The van der Waals surface area contributed by atoms with Crippen LogP contribution in [0, 0.1) is 5.92 Å². The first-order valence-electron chi connectivity index (χ1n) is 6.78. The van der Waals surface area contributed by atoms with Crippen molar-refractivity contribution in [2.24, 2.45) is 5.92 Å². The third-order valence-electron chi connectivity index (χ3n) is 3.65. The maximum absolute atomic E-state index is 11.6. The normalized spacial score (nSPS) is 12.3. The lowest BCUT2D eigenvalue weighted by Gasteiger charge is -2.24. The molecule has 19 heavy (non-hydrogen) atoms. The Bertz CT molecular complexity index is 428. The lowest BCUT2D eigenvalue weighted by Crippen LogP contribution is -2.25. The van der Waals surface area contributed by atoms with Gasteiger partial charge in [0.05, 0.1) is 24.0 Å². The number of hydrogen-bond acceptors (Lipinski definition) is 4. The van der Waals surface area contributed by atoms with E-state index in [4.69, 9.17) is 10.5 Å². The summed E-state index contributed by atoms with van der Waals surface area (Å²) in [6.07, 6.45) is 2.22. The van der Waals surface area contributed by atoms with E-state index in [2.05, 4.69) is 26.1 Å². The molecule has 0 saturated carbocycles. The average molecular weight is 264 g/mol. The minimum Gasteiger partial charge on any atom is -0.465 e. The van der Waals surface area contributed by atoms with Gasteiger partial charge in [-0.05, 0) is 25.0 Å². The first-order chi connectivity index (χ1) is 9.04. The van der Waals surface area contributed by atoms with Crippen LogP contribution in [-0.4, -0.2) is 19.1 Å². The molecule has 0 radical (unpaired) electrons. The Balaban J connectivity index is 2.93. The molecule has 0 spiro atoms. The van der Waals surface area contributed by atoms with E-state index in [1.807, 2.05) is 12.1 Å². The number of para-hydroxylation sites is 1. The van der Waals surface area contributed by atoms with E-state index in [0.717, 1.165) is 18.5 Å². The Hall–Kier alpha value is -1.71. The summed E-state index contributed by atoms with van der Waals surface area (Å²) in [5.41, 5.74) is 7.68. The summed E-state index contributed by atoms with van der Waals surface area (Å²) in [6.45, 7) is 6.50. The number of nitrogen functional groups attached to an aromatic ring is 1. The molecule has 3 N–H and O–H groups in total. The molecule has 1 aromatic carbocycles. The molecule has 1 unspecified atom stereocenters. The SMILES string of the molecule is CCC(CC)C(C)Nc1cccc(C(=O)OC)c1N. The lowest BCUT2D eigenvalue weighted by molar-refractivity contribution is 0.0602. The molecule has 1 aromatic rings. The zero-order chi connectivity index (χ0) is 14.4. The molecule has 0 aliphatic carbocycles. The Morgan fingerprint density at radius 1 is 1.37 bits per heavy atom. The van der Waals surface area contributed by atoms with Crippen LogP contribution in [0.2, 0.25) is 0 Å². The fraction of sp³-hybridized carbons (Fsp3) is 0.533. The summed E-state index contributed by atoms with van der Waals surface area (Å²) < 4.78 is 4.72. The van der Waals surface area contributed by atoms with Crippen LogP contribution < -0.4 is 11.1 Å². The quantitative estimate of drug-likeness (QED) is 0.611. The van der Waals surface area contributed by atoms with Gasteiger partial charge in [0.25, 0.3) is 0 Å². The zero-order valence-corrected chi connectivity index (χ0v) is 12.2. The van der Waals surface area contributed by atoms with Gasteiger partial charge in [-0.15, -0.1) is 0 Å². The van der Waals surface area contributed by atoms with Gasteiger partial charge in [0, 0.05) is 6.04 Å². The minimum absolute atomic E-state index is 0.310. The maximum Gasteiger partial charge on any atom is 0.340 e. The third-order valence-corrected chi connectivity index (χ3v) is 3.65. The summed E-state index contributed by atoms with van der Waals surface area (Å²) in [4.78, 5) is 11.6. The smallest absolute Gasteiger partial charge is 0.340 e. The second-order valence-electron chi connectivity index (χ2n) is 4.77. The number of anilines is 2. The molecule has 106 valence electrons. The van der Waals surface area contributed by atoms with Crippen LogP contribution in [0.3, 0.4) is 0 Å². The second kappa shape index (κ2) is 7.02. The third kappa shape index (κ3) is 3.63. The molecular formula is C15H24N2O2. The summed E-state index contributed by atoms with van der Waals surface area (Å²) >= 11 is 0. The highest BCUT2D eigenvalue weighted by Crippen LogP contribution is 2.26. The minimum atomic E-state index is -0.406. The highest BCUT2D eigenvalue weighted by atomic mass is 16.5. The Labute approximate surface area is 115 Å².